The Balaban J connectivity index is 1.70. The average molecular weight is 364 g/mol. The lowest BCUT2D eigenvalue weighted by Crippen LogP contribution is -2.34. The van der Waals surface area contributed by atoms with Gasteiger partial charge >= 0.3 is 0 Å². The number of hydrogen-bond donors (Lipinski definition) is 2. The summed E-state index contributed by atoms with van der Waals surface area (Å²) in [5.74, 6) is -0.436. The van der Waals surface area contributed by atoms with Crippen molar-refractivity contribution in [2.75, 3.05) is 5.32 Å². The van der Waals surface area contributed by atoms with Crippen LogP contribution in [0.5, 0.6) is 0 Å². The predicted octanol–water partition coefficient (Wildman–Crippen LogP) is 4.36. The Bertz CT molecular complexity index is 876. The number of benzene rings is 2. The molecule has 2 aromatic carbocycles. The van der Waals surface area contributed by atoms with Crippen molar-refractivity contribution in [3.05, 3.63) is 88.1 Å². The molecule has 0 saturated heterocycles. The lowest BCUT2D eigenvalue weighted by Gasteiger charge is -2.15. The first-order chi connectivity index (χ1) is 12.6. The number of amides is 2. The van der Waals surface area contributed by atoms with Crippen LogP contribution >= 0.6 is 11.3 Å². The molecule has 26 heavy (non-hydrogen) atoms. The number of thiophene rings is 1. The van der Waals surface area contributed by atoms with Gasteiger partial charge in [0, 0.05) is 11.6 Å². The highest BCUT2D eigenvalue weighted by molar-refractivity contribution is 7.07. The van der Waals surface area contributed by atoms with Gasteiger partial charge in [0.15, 0.2) is 0 Å². The van der Waals surface area contributed by atoms with Gasteiger partial charge in [0.05, 0.1) is 11.3 Å². The minimum atomic E-state index is -0.239. The van der Waals surface area contributed by atoms with Gasteiger partial charge in [0.25, 0.3) is 11.8 Å². The number of para-hydroxylation sites is 1. The molecule has 1 heterocycles. The van der Waals surface area contributed by atoms with Gasteiger partial charge in [-0.3, -0.25) is 9.59 Å². The number of hydrogen-bond acceptors (Lipinski definition) is 3. The third-order valence-electron chi connectivity index (χ3n) is 3.96. The standard InChI is InChI=1S/C21H20N2O2S/c1-15(13-16-11-12-26-14-16)22-21(25)18-9-5-6-10-19(18)23-20(24)17-7-3-2-4-8-17/h2-12,14-15H,13H2,1H3,(H,22,25)(H,23,24). The molecule has 0 spiro atoms. The Kier molecular flexibility index (Phi) is 5.81. The summed E-state index contributed by atoms with van der Waals surface area (Å²) in [6, 6.07) is 18.0. The molecule has 0 saturated carbocycles. The maximum atomic E-state index is 12.7. The molecule has 132 valence electrons. The second-order valence-electron chi connectivity index (χ2n) is 6.08. The molecule has 0 aliphatic heterocycles. The Morgan fingerprint density at radius 3 is 2.42 bits per heavy atom. The normalized spacial score (nSPS) is 11.6. The van der Waals surface area contributed by atoms with Crippen LogP contribution in [0, 0.1) is 0 Å². The smallest absolute Gasteiger partial charge is 0.255 e. The summed E-state index contributed by atoms with van der Waals surface area (Å²) < 4.78 is 0. The van der Waals surface area contributed by atoms with Crippen LogP contribution in [0.15, 0.2) is 71.4 Å². The Morgan fingerprint density at radius 2 is 1.69 bits per heavy atom. The average Bonchev–Trinajstić information content (AvgIpc) is 3.15. The molecule has 2 N–H and O–H groups in total. The van der Waals surface area contributed by atoms with Crippen molar-refractivity contribution in [1.29, 1.82) is 0 Å². The van der Waals surface area contributed by atoms with Gasteiger partial charge in [0.1, 0.15) is 0 Å². The molecule has 0 aliphatic carbocycles. The molecule has 4 nitrogen and oxygen atoms in total. The third-order valence-corrected chi connectivity index (χ3v) is 4.69. The van der Waals surface area contributed by atoms with Gasteiger partial charge in [-0.2, -0.15) is 11.3 Å². The highest BCUT2D eigenvalue weighted by Gasteiger charge is 2.16. The van der Waals surface area contributed by atoms with Crippen LogP contribution in [0.25, 0.3) is 0 Å². The zero-order valence-electron chi connectivity index (χ0n) is 14.4. The quantitative estimate of drug-likeness (QED) is 0.683. The summed E-state index contributed by atoms with van der Waals surface area (Å²) in [7, 11) is 0. The fraction of sp³-hybridized carbons (Fsp3) is 0.143. The van der Waals surface area contributed by atoms with E-state index in [1.165, 1.54) is 5.56 Å². The maximum absolute atomic E-state index is 12.7. The van der Waals surface area contributed by atoms with E-state index in [4.69, 9.17) is 0 Å². The van der Waals surface area contributed by atoms with E-state index in [0.717, 1.165) is 6.42 Å². The SMILES string of the molecule is CC(Cc1ccsc1)NC(=O)c1ccccc1NC(=O)c1ccccc1. The summed E-state index contributed by atoms with van der Waals surface area (Å²) in [4.78, 5) is 25.0. The highest BCUT2D eigenvalue weighted by Crippen LogP contribution is 2.17. The van der Waals surface area contributed by atoms with E-state index in [0.29, 0.717) is 16.8 Å². The Hall–Kier alpha value is -2.92. The summed E-state index contributed by atoms with van der Waals surface area (Å²) in [5.41, 5.74) is 2.71. The minimum absolute atomic E-state index is 0.00465. The molecule has 1 aromatic heterocycles. The molecule has 0 aliphatic rings. The van der Waals surface area contributed by atoms with Gasteiger partial charge in [-0.1, -0.05) is 30.3 Å². The van der Waals surface area contributed by atoms with Crippen LogP contribution in [0.4, 0.5) is 5.69 Å². The van der Waals surface area contributed by atoms with Crippen LogP contribution < -0.4 is 10.6 Å². The molecule has 5 heteroatoms. The highest BCUT2D eigenvalue weighted by atomic mass is 32.1. The number of anilines is 1. The summed E-state index contributed by atoms with van der Waals surface area (Å²) in [6.45, 7) is 1.97. The molecule has 3 rings (SSSR count). The number of rotatable bonds is 6. The molecule has 0 fully saturated rings. The molecular weight excluding hydrogens is 344 g/mol. The van der Waals surface area contributed by atoms with Crippen LogP contribution in [-0.2, 0) is 6.42 Å². The van der Waals surface area contributed by atoms with Gasteiger partial charge < -0.3 is 10.6 Å². The second-order valence-corrected chi connectivity index (χ2v) is 6.86. The second kappa shape index (κ2) is 8.45. The fourth-order valence-electron chi connectivity index (χ4n) is 2.69. The molecular formula is C21H20N2O2S. The van der Waals surface area contributed by atoms with Crippen LogP contribution in [0.3, 0.4) is 0 Å². The van der Waals surface area contributed by atoms with E-state index in [1.807, 2.05) is 18.4 Å². The van der Waals surface area contributed by atoms with Crippen LogP contribution in [-0.4, -0.2) is 17.9 Å². The third kappa shape index (κ3) is 4.58. The Labute approximate surface area is 156 Å². The largest absolute Gasteiger partial charge is 0.349 e. The molecule has 1 atom stereocenters. The predicted molar refractivity (Wildman–Crippen MR) is 106 cm³/mol. The summed E-state index contributed by atoms with van der Waals surface area (Å²) >= 11 is 1.64. The molecule has 1 unspecified atom stereocenters. The number of carbonyl (C=O) groups excluding carboxylic acids is 2. The molecule has 3 aromatic rings. The van der Waals surface area contributed by atoms with Gasteiger partial charge in [0.2, 0.25) is 0 Å². The monoisotopic (exact) mass is 364 g/mol. The lowest BCUT2D eigenvalue weighted by molar-refractivity contribution is 0.0941. The van der Waals surface area contributed by atoms with Crippen molar-refractivity contribution in [1.82, 2.24) is 5.32 Å². The molecule has 0 radical (unpaired) electrons. The van der Waals surface area contributed by atoms with E-state index in [2.05, 4.69) is 22.1 Å². The van der Waals surface area contributed by atoms with Crippen molar-refractivity contribution in [3.8, 4) is 0 Å². The lowest BCUT2D eigenvalue weighted by atomic mass is 10.1. The van der Waals surface area contributed by atoms with Crippen molar-refractivity contribution >= 4 is 28.8 Å². The van der Waals surface area contributed by atoms with Crippen molar-refractivity contribution < 1.29 is 9.59 Å². The number of carbonyl (C=O) groups is 2. The molecule has 0 bridgehead atoms. The van der Waals surface area contributed by atoms with Crippen LogP contribution in [0.1, 0.15) is 33.2 Å². The van der Waals surface area contributed by atoms with E-state index < -0.39 is 0 Å². The van der Waals surface area contributed by atoms with Gasteiger partial charge in [-0.15, -0.1) is 0 Å². The van der Waals surface area contributed by atoms with Crippen molar-refractivity contribution in [2.24, 2.45) is 0 Å². The first-order valence-electron chi connectivity index (χ1n) is 8.41. The topological polar surface area (TPSA) is 58.2 Å². The zero-order chi connectivity index (χ0) is 18.4. The van der Waals surface area contributed by atoms with E-state index in [9.17, 15) is 9.59 Å². The maximum Gasteiger partial charge on any atom is 0.255 e. The van der Waals surface area contributed by atoms with E-state index in [1.54, 1.807) is 59.9 Å². The zero-order valence-corrected chi connectivity index (χ0v) is 15.3. The summed E-state index contributed by atoms with van der Waals surface area (Å²) in [5, 5.41) is 9.94. The minimum Gasteiger partial charge on any atom is -0.349 e. The van der Waals surface area contributed by atoms with Crippen molar-refractivity contribution in [2.45, 2.75) is 19.4 Å². The Morgan fingerprint density at radius 1 is 0.962 bits per heavy atom. The van der Waals surface area contributed by atoms with Gasteiger partial charge in [-0.25, -0.2) is 0 Å². The fourth-order valence-corrected chi connectivity index (χ4v) is 3.37. The van der Waals surface area contributed by atoms with E-state index in [-0.39, 0.29) is 17.9 Å². The first-order valence-corrected chi connectivity index (χ1v) is 9.35. The van der Waals surface area contributed by atoms with Crippen LogP contribution in [0.2, 0.25) is 0 Å². The number of nitrogens with one attached hydrogen (secondary N) is 2. The first kappa shape index (κ1) is 17.9. The van der Waals surface area contributed by atoms with Gasteiger partial charge in [-0.05, 0) is 60.0 Å². The van der Waals surface area contributed by atoms with E-state index >= 15 is 0 Å². The molecule has 2 amide bonds. The van der Waals surface area contributed by atoms with Crippen molar-refractivity contribution in [3.63, 3.8) is 0 Å². The summed E-state index contributed by atoms with van der Waals surface area (Å²) in [6.07, 6.45) is 0.772.